The van der Waals surface area contributed by atoms with Crippen LogP contribution in [-0.2, 0) is 0 Å². The van der Waals surface area contributed by atoms with E-state index in [-0.39, 0.29) is 11.9 Å². The molecule has 1 unspecified atom stereocenters. The Morgan fingerprint density at radius 2 is 2.41 bits per heavy atom. The van der Waals surface area contributed by atoms with Crippen molar-refractivity contribution >= 4 is 5.91 Å². The largest absolute Gasteiger partial charge is 0.320 e. The lowest BCUT2D eigenvalue weighted by Crippen LogP contribution is -2.53. The summed E-state index contributed by atoms with van der Waals surface area (Å²) in [4.78, 5) is 13.9. The molecule has 2 rings (SSSR count). The molecule has 0 bridgehead atoms. The Morgan fingerprint density at radius 3 is 3.12 bits per heavy atom. The summed E-state index contributed by atoms with van der Waals surface area (Å²) >= 11 is 0. The second kappa shape index (κ2) is 4.98. The molecular formula is C13H15N3O. The van der Waals surface area contributed by atoms with E-state index in [2.05, 4.69) is 11.4 Å². The maximum absolute atomic E-state index is 12.3. The highest BCUT2D eigenvalue weighted by molar-refractivity contribution is 5.94. The first-order chi connectivity index (χ1) is 8.22. The van der Waals surface area contributed by atoms with Crippen molar-refractivity contribution in [3.05, 3.63) is 35.4 Å². The number of hydrogen-bond donors (Lipinski definition) is 1. The third-order valence-electron chi connectivity index (χ3n) is 2.92. The number of benzene rings is 1. The molecule has 0 aromatic heterocycles. The average Bonchev–Trinajstić information content (AvgIpc) is 2.38. The molecule has 4 nitrogen and oxygen atoms in total. The number of amides is 1. The van der Waals surface area contributed by atoms with E-state index in [4.69, 9.17) is 5.26 Å². The van der Waals surface area contributed by atoms with E-state index in [1.54, 1.807) is 11.0 Å². The third kappa shape index (κ3) is 2.45. The zero-order chi connectivity index (χ0) is 12.3. The van der Waals surface area contributed by atoms with Crippen molar-refractivity contribution in [1.29, 1.82) is 5.26 Å². The van der Waals surface area contributed by atoms with Gasteiger partial charge in [-0.25, -0.2) is 0 Å². The predicted octanol–water partition coefficient (Wildman–Crippen LogP) is 0.933. The van der Waals surface area contributed by atoms with Crippen molar-refractivity contribution < 1.29 is 4.79 Å². The Morgan fingerprint density at radius 1 is 1.59 bits per heavy atom. The fraction of sp³-hybridized carbons (Fsp3) is 0.385. The highest BCUT2D eigenvalue weighted by atomic mass is 16.2. The van der Waals surface area contributed by atoms with E-state index in [1.807, 2.05) is 25.1 Å². The van der Waals surface area contributed by atoms with Crippen molar-refractivity contribution in [2.75, 3.05) is 19.6 Å². The number of carbonyl (C=O) groups is 1. The van der Waals surface area contributed by atoms with Gasteiger partial charge in [-0.15, -0.1) is 0 Å². The van der Waals surface area contributed by atoms with Gasteiger partial charge in [-0.3, -0.25) is 4.79 Å². The fourth-order valence-corrected chi connectivity index (χ4v) is 2.01. The van der Waals surface area contributed by atoms with Crippen LogP contribution in [0.5, 0.6) is 0 Å². The van der Waals surface area contributed by atoms with Crippen LogP contribution in [0.15, 0.2) is 24.3 Å². The first-order valence-corrected chi connectivity index (χ1v) is 5.70. The molecule has 0 saturated carbocycles. The van der Waals surface area contributed by atoms with E-state index in [0.29, 0.717) is 18.7 Å². The normalized spacial score (nSPS) is 19.8. The van der Waals surface area contributed by atoms with E-state index in [9.17, 15) is 4.79 Å². The van der Waals surface area contributed by atoms with Gasteiger partial charge in [0.25, 0.3) is 5.91 Å². The lowest BCUT2D eigenvalue weighted by atomic mass is 10.1. The van der Waals surface area contributed by atoms with Gasteiger partial charge in [0.05, 0.1) is 6.07 Å². The number of carbonyl (C=O) groups excluding carboxylic acids is 1. The van der Waals surface area contributed by atoms with Gasteiger partial charge in [0, 0.05) is 25.2 Å². The summed E-state index contributed by atoms with van der Waals surface area (Å²) in [7, 11) is 0. The minimum absolute atomic E-state index is 0.0539. The van der Waals surface area contributed by atoms with Crippen molar-refractivity contribution in [3.63, 3.8) is 0 Å². The molecule has 0 aliphatic carbocycles. The molecule has 1 aliphatic rings. The number of nitriles is 1. The first kappa shape index (κ1) is 11.6. The fourth-order valence-electron chi connectivity index (χ4n) is 2.01. The molecule has 1 saturated heterocycles. The third-order valence-corrected chi connectivity index (χ3v) is 2.92. The number of nitrogens with zero attached hydrogens (tertiary/aromatic N) is 2. The topological polar surface area (TPSA) is 56.1 Å². The highest BCUT2D eigenvalue weighted by Gasteiger charge is 2.26. The van der Waals surface area contributed by atoms with E-state index in [0.717, 1.165) is 12.1 Å². The van der Waals surface area contributed by atoms with Crippen molar-refractivity contribution in [2.45, 2.75) is 13.0 Å². The van der Waals surface area contributed by atoms with Crippen LogP contribution in [-0.4, -0.2) is 36.5 Å². The number of aryl methyl sites for hydroxylation is 1. The smallest absolute Gasteiger partial charge is 0.255 e. The minimum atomic E-state index is -0.364. The summed E-state index contributed by atoms with van der Waals surface area (Å²) in [5.74, 6) is -0.0539. The summed E-state index contributed by atoms with van der Waals surface area (Å²) in [6.07, 6.45) is 0. The monoisotopic (exact) mass is 229 g/mol. The number of rotatable bonds is 1. The molecule has 1 atom stereocenters. The Hall–Kier alpha value is -1.86. The molecule has 0 spiro atoms. The molecule has 1 heterocycles. The Labute approximate surface area is 101 Å². The van der Waals surface area contributed by atoms with Crippen LogP contribution in [0.1, 0.15) is 15.9 Å². The van der Waals surface area contributed by atoms with Crippen LogP contribution < -0.4 is 5.32 Å². The van der Waals surface area contributed by atoms with Crippen LogP contribution >= 0.6 is 0 Å². The summed E-state index contributed by atoms with van der Waals surface area (Å²) < 4.78 is 0. The van der Waals surface area contributed by atoms with Gasteiger partial charge in [0.15, 0.2) is 0 Å². The van der Waals surface area contributed by atoms with Crippen LogP contribution in [0.4, 0.5) is 0 Å². The summed E-state index contributed by atoms with van der Waals surface area (Å²) in [5, 5.41) is 12.1. The average molecular weight is 229 g/mol. The molecule has 4 heteroatoms. The van der Waals surface area contributed by atoms with Gasteiger partial charge in [0.1, 0.15) is 6.04 Å². The Balaban J connectivity index is 2.22. The highest BCUT2D eigenvalue weighted by Crippen LogP contribution is 2.11. The van der Waals surface area contributed by atoms with Gasteiger partial charge < -0.3 is 10.2 Å². The van der Waals surface area contributed by atoms with Gasteiger partial charge in [-0.05, 0) is 19.1 Å². The molecule has 1 aromatic carbocycles. The van der Waals surface area contributed by atoms with Crippen LogP contribution in [0.2, 0.25) is 0 Å². The molecule has 1 fully saturated rings. The van der Waals surface area contributed by atoms with E-state index in [1.165, 1.54) is 0 Å². The first-order valence-electron chi connectivity index (χ1n) is 5.70. The van der Waals surface area contributed by atoms with Crippen LogP contribution in [0.25, 0.3) is 0 Å². The van der Waals surface area contributed by atoms with Crippen LogP contribution in [0.3, 0.4) is 0 Å². The summed E-state index contributed by atoms with van der Waals surface area (Å²) in [6.45, 7) is 3.84. The van der Waals surface area contributed by atoms with E-state index < -0.39 is 0 Å². The summed E-state index contributed by atoms with van der Waals surface area (Å²) in [5.41, 5.74) is 1.71. The summed E-state index contributed by atoms with van der Waals surface area (Å²) in [6, 6.07) is 9.28. The molecule has 0 radical (unpaired) electrons. The van der Waals surface area contributed by atoms with Gasteiger partial charge in [0.2, 0.25) is 0 Å². The van der Waals surface area contributed by atoms with Crippen LogP contribution in [0, 0.1) is 18.3 Å². The van der Waals surface area contributed by atoms with Crippen molar-refractivity contribution in [2.24, 2.45) is 0 Å². The molecule has 1 N–H and O–H groups in total. The van der Waals surface area contributed by atoms with Crippen molar-refractivity contribution in [1.82, 2.24) is 10.2 Å². The van der Waals surface area contributed by atoms with Gasteiger partial charge >= 0.3 is 0 Å². The SMILES string of the molecule is Cc1cccc(C(=O)N2CCNCC2C#N)c1. The number of piperazine rings is 1. The lowest BCUT2D eigenvalue weighted by molar-refractivity contribution is 0.0687. The van der Waals surface area contributed by atoms with Crippen molar-refractivity contribution in [3.8, 4) is 6.07 Å². The van der Waals surface area contributed by atoms with Gasteiger partial charge in [-0.1, -0.05) is 17.7 Å². The molecule has 88 valence electrons. The predicted molar refractivity (Wildman–Crippen MR) is 64.5 cm³/mol. The van der Waals surface area contributed by atoms with E-state index >= 15 is 0 Å². The lowest BCUT2D eigenvalue weighted by Gasteiger charge is -2.32. The number of hydrogen-bond acceptors (Lipinski definition) is 3. The Bertz CT molecular complexity index is 464. The Kier molecular flexibility index (Phi) is 3.40. The minimum Gasteiger partial charge on any atom is -0.320 e. The maximum atomic E-state index is 12.3. The number of nitrogens with one attached hydrogen (secondary N) is 1. The zero-order valence-electron chi connectivity index (χ0n) is 9.81. The van der Waals surface area contributed by atoms with Gasteiger partial charge in [-0.2, -0.15) is 5.26 Å². The quantitative estimate of drug-likeness (QED) is 0.779. The molecule has 1 aromatic rings. The molecule has 1 aliphatic heterocycles. The molecule has 17 heavy (non-hydrogen) atoms. The second-order valence-corrected chi connectivity index (χ2v) is 4.22. The zero-order valence-corrected chi connectivity index (χ0v) is 9.81. The standard InChI is InChI=1S/C13H15N3O/c1-10-3-2-4-11(7-10)13(17)16-6-5-15-9-12(16)8-14/h2-4,7,12,15H,5-6,9H2,1H3. The maximum Gasteiger partial charge on any atom is 0.255 e. The molecule has 1 amide bonds. The second-order valence-electron chi connectivity index (χ2n) is 4.22. The molecular weight excluding hydrogens is 214 g/mol.